The molecule has 1 aliphatic heterocycles. The fourth-order valence-corrected chi connectivity index (χ4v) is 4.46. The molecule has 3 amide bonds. The largest absolute Gasteiger partial charge is 0.486 e. The standard InChI is InChI=1S/C28H37F3N4O4/c1-17(2)32-27(38)33-23-8-6-7-22-25(23)39-24(18(3)13-35(26(22)37)19(4)16-36)15-34(5)14-20-9-11-21(12-10-20)28(29,30)31/h6-12,17-19,24,36H,13-16H2,1-5H3,(H2,32,33,38)/t18-,19+,24+/m1/s1. The number of fused-ring (bicyclic) bond motifs is 1. The number of halogens is 3. The van der Waals surface area contributed by atoms with E-state index in [9.17, 15) is 27.9 Å². The van der Waals surface area contributed by atoms with Crippen molar-refractivity contribution >= 4 is 17.6 Å². The Hall–Kier alpha value is -3.31. The maximum absolute atomic E-state index is 13.5. The van der Waals surface area contributed by atoms with E-state index < -0.39 is 29.9 Å². The quantitative estimate of drug-likeness (QED) is 0.447. The van der Waals surface area contributed by atoms with Crippen molar-refractivity contribution in [2.24, 2.45) is 5.92 Å². The maximum atomic E-state index is 13.5. The van der Waals surface area contributed by atoms with Crippen molar-refractivity contribution < 1.29 is 32.6 Å². The first-order chi connectivity index (χ1) is 18.3. The lowest BCUT2D eigenvalue weighted by Gasteiger charge is -2.38. The van der Waals surface area contributed by atoms with Gasteiger partial charge in [-0.1, -0.05) is 25.1 Å². The molecule has 39 heavy (non-hydrogen) atoms. The first-order valence-electron chi connectivity index (χ1n) is 12.9. The molecule has 214 valence electrons. The van der Waals surface area contributed by atoms with Crippen molar-refractivity contribution in [2.75, 3.05) is 32.1 Å². The molecule has 0 aromatic heterocycles. The van der Waals surface area contributed by atoms with Crippen LogP contribution in [-0.2, 0) is 12.7 Å². The van der Waals surface area contributed by atoms with E-state index in [0.29, 0.717) is 30.9 Å². The SMILES string of the molecule is CC(C)NC(=O)Nc1cccc2c1O[C@@H](CN(C)Cc1ccc(C(F)(F)F)cc1)[C@H](C)CN([C@@H](C)CO)C2=O. The number of nitrogens with one attached hydrogen (secondary N) is 2. The molecule has 0 spiro atoms. The minimum atomic E-state index is -4.40. The van der Waals surface area contributed by atoms with Gasteiger partial charge in [-0.3, -0.25) is 9.69 Å². The molecule has 0 bridgehead atoms. The van der Waals surface area contributed by atoms with Crippen molar-refractivity contribution in [1.82, 2.24) is 15.1 Å². The molecule has 0 radical (unpaired) electrons. The number of para-hydroxylation sites is 1. The third-order valence-corrected chi connectivity index (χ3v) is 6.58. The molecule has 0 aliphatic carbocycles. The summed E-state index contributed by atoms with van der Waals surface area (Å²) < 4.78 is 45.3. The number of anilines is 1. The Bertz CT molecular complexity index is 1140. The van der Waals surface area contributed by atoms with Gasteiger partial charge in [0.2, 0.25) is 0 Å². The molecule has 0 saturated carbocycles. The molecule has 1 heterocycles. The summed E-state index contributed by atoms with van der Waals surface area (Å²) in [4.78, 5) is 29.6. The number of benzene rings is 2. The van der Waals surface area contributed by atoms with Gasteiger partial charge in [0.1, 0.15) is 6.10 Å². The predicted molar refractivity (Wildman–Crippen MR) is 143 cm³/mol. The van der Waals surface area contributed by atoms with Crippen LogP contribution in [0.25, 0.3) is 0 Å². The van der Waals surface area contributed by atoms with Crippen LogP contribution in [-0.4, -0.2) is 71.8 Å². The molecule has 3 rings (SSSR count). The maximum Gasteiger partial charge on any atom is 0.416 e. The second kappa shape index (κ2) is 12.7. The van der Waals surface area contributed by atoms with Gasteiger partial charge in [0.15, 0.2) is 5.75 Å². The van der Waals surface area contributed by atoms with E-state index in [0.717, 1.165) is 12.1 Å². The Morgan fingerprint density at radius 3 is 2.44 bits per heavy atom. The first kappa shape index (κ1) is 30.2. The van der Waals surface area contributed by atoms with Gasteiger partial charge in [-0.15, -0.1) is 0 Å². The molecule has 1 aliphatic rings. The van der Waals surface area contributed by atoms with Crippen molar-refractivity contribution in [3.63, 3.8) is 0 Å². The number of aliphatic hydroxyl groups is 1. The van der Waals surface area contributed by atoms with Crippen LogP contribution in [0.2, 0.25) is 0 Å². The number of hydrogen-bond acceptors (Lipinski definition) is 5. The lowest BCUT2D eigenvalue weighted by molar-refractivity contribution is -0.137. The number of carbonyl (C=O) groups is 2. The van der Waals surface area contributed by atoms with Crippen LogP contribution in [0, 0.1) is 5.92 Å². The van der Waals surface area contributed by atoms with Gasteiger partial charge in [0.05, 0.1) is 29.5 Å². The van der Waals surface area contributed by atoms with Gasteiger partial charge in [-0.05, 0) is 57.6 Å². The molecule has 0 unspecified atom stereocenters. The third-order valence-electron chi connectivity index (χ3n) is 6.58. The number of alkyl halides is 3. The lowest BCUT2D eigenvalue weighted by atomic mass is 9.98. The summed E-state index contributed by atoms with van der Waals surface area (Å²) in [5, 5.41) is 15.4. The Kier molecular flexibility index (Phi) is 9.84. The Morgan fingerprint density at radius 2 is 1.85 bits per heavy atom. The molecule has 11 heteroatoms. The highest BCUT2D eigenvalue weighted by Crippen LogP contribution is 2.35. The Labute approximate surface area is 227 Å². The fourth-order valence-electron chi connectivity index (χ4n) is 4.46. The van der Waals surface area contributed by atoms with Crippen molar-refractivity contribution in [3.8, 4) is 5.75 Å². The van der Waals surface area contributed by atoms with Gasteiger partial charge in [0.25, 0.3) is 5.91 Å². The Morgan fingerprint density at radius 1 is 1.18 bits per heavy atom. The van der Waals surface area contributed by atoms with Crippen LogP contribution in [0.15, 0.2) is 42.5 Å². The average molecular weight is 551 g/mol. The predicted octanol–water partition coefficient (Wildman–Crippen LogP) is 4.59. The summed E-state index contributed by atoms with van der Waals surface area (Å²) in [5.74, 6) is -0.261. The van der Waals surface area contributed by atoms with Crippen LogP contribution in [0.1, 0.15) is 49.2 Å². The van der Waals surface area contributed by atoms with Gasteiger partial charge >= 0.3 is 12.2 Å². The minimum Gasteiger partial charge on any atom is -0.486 e. The van der Waals surface area contributed by atoms with Crippen molar-refractivity contribution in [2.45, 2.75) is 58.6 Å². The van der Waals surface area contributed by atoms with Crippen LogP contribution in [0.5, 0.6) is 5.75 Å². The van der Waals surface area contributed by atoms with E-state index in [2.05, 4.69) is 10.6 Å². The highest BCUT2D eigenvalue weighted by atomic mass is 19.4. The number of aliphatic hydroxyl groups excluding tert-OH is 1. The average Bonchev–Trinajstić information content (AvgIpc) is 2.85. The number of amides is 3. The molecule has 3 atom stereocenters. The number of carbonyl (C=O) groups excluding carboxylic acids is 2. The van der Waals surface area contributed by atoms with E-state index >= 15 is 0 Å². The van der Waals surface area contributed by atoms with Crippen LogP contribution >= 0.6 is 0 Å². The zero-order valence-electron chi connectivity index (χ0n) is 22.9. The number of hydrogen-bond donors (Lipinski definition) is 3. The molecule has 0 saturated heterocycles. The summed E-state index contributed by atoms with van der Waals surface area (Å²) in [6.07, 6.45) is -4.84. The molecule has 8 nitrogen and oxygen atoms in total. The zero-order valence-corrected chi connectivity index (χ0v) is 22.9. The molecule has 0 fully saturated rings. The van der Waals surface area contributed by atoms with E-state index in [1.54, 1.807) is 30.0 Å². The number of likely N-dealkylation sites (N-methyl/N-ethyl adjacent to an activating group) is 1. The van der Waals surface area contributed by atoms with Crippen molar-refractivity contribution in [1.29, 1.82) is 0 Å². The van der Waals surface area contributed by atoms with E-state index in [-0.39, 0.29) is 35.8 Å². The summed E-state index contributed by atoms with van der Waals surface area (Å²) in [7, 11) is 1.84. The minimum absolute atomic E-state index is 0.106. The molecular weight excluding hydrogens is 513 g/mol. The number of urea groups is 1. The first-order valence-corrected chi connectivity index (χ1v) is 12.9. The van der Waals surface area contributed by atoms with E-state index in [1.165, 1.54) is 12.1 Å². The van der Waals surface area contributed by atoms with Gasteiger partial charge in [-0.2, -0.15) is 13.2 Å². The third kappa shape index (κ3) is 7.86. The topological polar surface area (TPSA) is 94.1 Å². The second-order valence-corrected chi connectivity index (χ2v) is 10.4. The summed E-state index contributed by atoms with van der Waals surface area (Å²) in [5.41, 5.74) is 0.606. The van der Waals surface area contributed by atoms with E-state index in [1.807, 2.05) is 32.7 Å². The van der Waals surface area contributed by atoms with Crippen LogP contribution < -0.4 is 15.4 Å². The normalized spacial score (nSPS) is 18.7. The molecule has 3 N–H and O–H groups in total. The molecule has 2 aromatic rings. The monoisotopic (exact) mass is 550 g/mol. The second-order valence-electron chi connectivity index (χ2n) is 10.4. The Balaban J connectivity index is 1.90. The number of rotatable bonds is 8. The molecule has 2 aromatic carbocycles. The lowest BCUT2D eigenvalue weighted by Crippen LogP contribution is -2.49. The summed E-state index contributed by atoms with van der Waals surface area (Å²) >= 11 is 0. The zero-order chi connectivity index (χ0) is 28.9. The summed E-state index contributed by atoms with van der Waals surface area (Å²) in [6, 6.07) is 8.97. The van der Waals surface area contributed by atoms with Gasteiger partial charge < -0.3 is 25.4 Å². The highest BCUT2D eigenvalue weighted by Gasteiger charge is 2.35. The van der Waals surface area contributed by atoms with E-state index in [4.69, 9.17) is 4.74 Å². The fraction of sp³-hybridized carbons (Fsp3) is 0.500. The van der Waals surface area contributed by atoms with Gasteiger partial charge in [-0.25, -0.2) is 4.79 Å². The number of nitrogens with zero attached hydrogens (tertiary/aromatic N) is 2. The van der Waals surface area contributed by atoms with Crippen LogP contribution in [0.4, 0.5) is 23.7 Å². The molecular formula is C28H37F3N4O4. The van der Waals surface area contributed by atoms with Gasteiger partial charge in [0, 0.05) is 31.6 Å². The number of ether oxygens (including phenoxy) is 1. The van der Waals surface area contributed by atoms with Crippen molar-refractivity contribution in [3.05, 3.63) is 59.2 Å². The summed E-state index contributed by atoms with van der Waals surface area (Å²) in [6.45, 7) is 8.23. The van der Waals surface area contributed by atoms with Crippen LogP contribution in [0.3, 0.4) is 0 Å². The highest BCUT2D eigenvalue weighted by molar-refractivity contribution is 6.01. The smallest absolute Gasteiger partial charge is 0.416 e.